The smallest absolute Gasteiger partial charge is 0.241 e. The molecule has 0 saturated carbocycles. The summed E-state index contributed by atoms with van der Waals surface area (Å²) in [5.41, 5.74) is 0.775. The van der Waals surface area contributed by atoms with E-state index in [1.165, 1.54) is 0 Å². The Morgan fingerprint density at radius 2 is 2.53 bits per heavy atom. The highest BCUT2D eigenvalue weighted by atomic mass is 16.2. The number of nitrogens with zero attached hydrogens (tertiary/aromatic N) is 2. The van der Waals surface area contributed by atoms with Crippen molar-refractivity contribution in [2.45, 2.75) is 39.3 Å². The van der Waals surface area contributed by atoms with Crippen molar-refractivity contribution in [3.05, 3.63) is 12.4 Å². The number of aryl methyl sites for hydroxylation is 1. The van der Waals surface area contributed by atoms with Gasteiger partial charge in [-0.05, 0) is 32.2 Å². The molecule has 1 aliphatic heterocycles. The molecule has 2 rings (SSSR count). The fraction of sp³-hybridized carbons (Fsp3) is 0.667. The van der Waals surface area contributed by atoms with E-state index in [1.807, 2.05) is 13.1 Å². The Labute approximate surface area is 102 Å². The van der Waals surface area contributed by atoms with Gasteiger partial charge in [-0.2, -0.15) is 5.10 Å². The van der Waals surface area contributed by atoms with E-state index in [4.69, 9.17) is 0 Å². The average Bonchev–Trinajstić information content (AvgIpc) is 2.77. The highest BCUT2D eigenvalue weighted by Crippen LogP contribution is 2.16. The summed E-state index contributed by atoms with van der Waals surface area (Å²) in [5.74, 6) is 0.664. The van der Waals surface area contributed by atoms with E-state index in [2.05, 4.69) is 22.7 Å². The SMILES string of the molecule is CCn1cc(NC(=O)C2CC(C)CCN2)cn1. The van der Waals surface area contributed by atoms with Crippen molar-refractivity contribution >= 4 is 11.6 Å². The van der Waals surface area contributed by atoms with Crippen molar-refractivity contribution in [2.75, 3.05) is 11.9 Å². The standard InChI is InChI=1S/C12H20N4O/c1-3-16-8-10(7-14-16)15-12(17)11-6-9(2)4-5-13-11/h7-9,11,13H,3-6H2,1-2H3,(H,15,17). The first-order chi connectivity index (χ1) is 8.19. The van der Waals surface area contributed by atoms with Crippen molar-refractivity contribution in [1.82, 2.24) is 15.1 Å². The van der Waals surface area contributed by atoms with Crippen molar-refractivity contribution < 1.29 is 4.79 Å². The maximum Gasteiger partial charge on any atom is 0.241 e. The fourth-order valence-corrected chi connectivity index (χ4v) is 2.14. The molecule has 17 heavy (non-hydrogen) atoms. The number of nitrogens with one attached hydrogen (secondary N) is 2. The summed E-state index contributed by atoms with van der Waals surface area (Å²) >= 11 is 0. The molecule has 2 unspecified atom stereocenters. The summed E-state index contributed by atoms with van der Waals surface area (Å²) in [7, 11) is 0. The number of hydrogen-bond donors (Lipinski definition) is 2. The Bertz CT molecular complexity index is 388. The predicted molar refractivity (Wildman–Crippen MR) is 66.7 cm³/mol. The molecule has 0 aromatic carbocycles. The van der Waals surface area contributed by atoms with Gasteiger partial charge in [0.15, 0.2) is 0 Å². The number of carbonyl (C=O) groups is 1. The molecular formula is C12H20N4O. The van der Waals surface area contributed by atoms with Crippen LogP contribution in [0.25, 0.3) is 0 Å². The summed E-state index contributed by atoms with van der Waals surface area (Å²) in [6.07, 6.45) is 5.60. The lowest BCUT2D eigenvalue weighted by Crippen LogP contribution is -2.45. The lowest BCUT2D eigenvalue weighted by molar-refractivity contribution is -0.119. The van der Waals surface area contributed by atoms with Crippen molar-refractivity contribution in [2.24, 2.45) is 5.92 Å². The molecule has 2 atom stereocenters. The summed E-state index contributed by atoms with van der Waals surface area (Å²) in [4.78, 5) is 12.0. The second kappa shape index (κ2) is 5.31. The Hall–Kier alpha value is -1.36. The quantitative estimate of drug-likeness (QED) is 0.830. The monoisotopic (exact) mass is 236 g/mol. The molecule has 1 aliphatic rings. The van der Waals surface area contributed by atoms with E-state index in [-0.39, 0.29) is 11.9 Å². The van der Waals surface area contributed by atoms with E-state index in [0.29, 0.717) is 5.92 Å². The molecule has 1 aromatic heterocycles. The van der Waals surface area contributed by atoms with Crippen LogP contribution in [0.4, 0.5) is 5.69 Å². The van der Waals surface area contributed by atoms with Crippen LogP contribution >= 0.6 is 0 Å². The minimum absolute atomic E-state index is 0.0483. The molecule has 1 fully saturated rings. The fourth-order valence-electron chi connectivity index (χ4n) is 2.14. The first-order valence-corrected chi connectivity index (χ1v) is 6.25. The number of hydrogen-bond acceptors (Lipinski definition) is 3. The minimum Gasteiger partial charge on any atom is -0.322 e. The van der Waals surface area contributed by atoms with Crippen molar-refractivity contribution in [1.29, 1.82) is 0 Å². The molecule has 1 aromatic rings. The van der Waals surface area contributed by atoms with Gasteiger partial charge < -0.3 is 10.6 Å². The minimum atomic E-state index is -0.0660. The van der Waals surface area contributed by atoms with Gasteiger partial charge in [-0.15, -0.1) is 0 Å². The van der Waals surface area contributed by atoms with Crippen LogP contribution in [0.15, 0.2) is 12.4 Å². The topological polar surface area (TPSA) is 59.0 Å². The van der Waals surface area contributed by atoms with E-state index in [1.54, 1.807) is 10.9 Å². The third-order valence-corrected chi connectivity index (χ3v) is 3.21. The second-order valence-electron chi connectivity index (χ2n) is 4.71. The van der Waals surface area contributed by atoms with Crippen molar-refractivity contribution in [3.63, 3.8) is 0 Å². The molecular weight excluding hydrogens is 216 g/mol. The molecule has 2 heterocycles. The van der Waals surface area contributed by atoms with E-state index < -0.39 is 0 Å². The molecule has 0 aliphatic carbocycles. The van der Waals surface area contributed by atoms with Gasteiger partial charge in [-0.25, -0.2) is 0 Å². The normalized spacial score (nSPS) is 24.6. The maximum atomic E-state index is 12.0. The number of piperidine rings is 1. The molecule has 0 radical (unpaired) electrons. The zero-order chi connectivity index (χ0) is 12.3. The highest BCUT2D eigenvalue weighted by molar-refractivity contribution is 5.94. The van der Waals surface area contributed by atoms with E-state index in [0.717, 1.165) is 31.6 Å². The van der Waals surface area contributed by atoms with Crippen LogP contribution in [0.2, 0.25) is 0 Å². The number of anilines is 1. The summed E-state index contributed by atoms with van der Waals surface area (Å²) < 4.78 is 1.80. The highest BCUT2D eigenvalue weighted by Gasteiger charge is 2.24. The molecule has 1 saturated heterocycles. The van der Waals surface area contributed by atoms with Gasteiger partial charge in [-0.1, -0.05) is 6.92 Å². The first-order valence-electron chi connectivity index (χ1n) is 6.25. The van der Waals surface area contributed by atoms with E-state index >= 15 is 0 Å². The summed E-state index contributed by atoms with van der Waals surface area (Å²) in [6.45, 7) is 5.95. The van der Waals surface area contributed by atoms with Gasteiger partial charge >= 0.3 is 0 Å². The van der Waals surface area contributed by atoms with Gasteiger partial charge in [0.05, 0.1) is 17.9 Å². The summed E-state index contributed by atoms with van der Waals surface area (Å²) in [6, 6.07) is -0.0660. The van der Waals surface area contributed by atoms with Crippen molar-refractivity contribution in [3.8, 4) is 0 Å². The van der Waals surface area contributed by atoms with Gasteiger partial charge in [0.2, 0.25) is 5.91 Å². The third kappa shape index (κ3) is 3.06. The van der Waals surface area contributed by atoms with Gasteiger partial charge in [0.25, 0.3) is 0 Å². The molecule has 0 spiro atoms. The van der Waals surface area contributed by atoms with Gasteiger partial charge in [0.1, 0.15) is 0 Å². The Morgan fingerprint density at radius 3 is 3.18 bits per heavy atom. The zero-order valence-electron chi connectivity index (χ0n) is 10.4. The first kappa shape index (κ1) is 12.1. The predicted octanol–water partition coefficient (Wildman–Crippen LogP) is 1.23. The molecule has 5 heteroatoms. The zero-order valence-corrected chi connectivity index (χ0v) is 10.4. The van der Waals surface area contributed by atoms with Crippen LogP contribution in [0, 0.1) is 5.92 Å². The van der Waals surface area contributed by atoms with Crippen LogP contribution in [0.3, 0.4) is 0 Å². The third-order valence-electron chi connectivity index (χ3n) is 3.21. The van der Waals surface area contributed by atoms with Crippen LogP contribution in [0.1, 0.15) is 26.7 Å². The lowest BCUT2D eigenvalue weighted by Gasteiger charge is -2.26. The van der Waals surface area contributed by atoms with Gasteiger partial charge in [0, 0.05) is 12.7 Å². The van der Waals surface area contributed by atoms with E-state index in [9.17, 15) is 4.79 Å². The molecule has 5 nitrogen and oxygen atoms in total. The maximum absolute atomic E-state index is 12.0. The van der Waals surface area contributed by atoms with Crippen LogP contribution in [-0.2, 0) is 11.3 Å². The van der Waals surface area contributed by atoms with Crippen LogP contribution in [-0.4, -0.2) is 28.3 Å². The lowest BCUT2D eigenvalue weighted by atomic mass is 9.94. The number of rotatable bonds is 3. The van der Waals surface area contributed by atoms with Crippen LogP contribution in [0.5, 0.6) is 0 Å². The Morgan fingerprint density at radius 1 is 1.71 bits per heavy atom. The van der Waals surface area contributed by atoms with Crippen LogP contribution < -0.4 is 10.6 Å². The number of aromatic nitrogens is 2. The molecule has 2 N–H and O–H groups in total. The molecule has 94 valence electrons. The molecule has 1 amide bonds. The second-order valence-corrected chi connectivity index (χ2v) is 4.71. The average molecular weight is 236 g/mol. The largest absolute Gasteiger partial charge is 0.322 e. The number of amides is 1. The summed E-state index contributed by atoms with van der Waals surface area (Å²) in [5, 5.41) is 10.3. The van der Waals surface area contributed by atoms with Gasteiger partial charge in [-0.3, -0.25) is 9.48 Å². The molecule has 0 bridgehead atoms. The number of carbonyl (C=O) groups excluding carboxylic acids is 1. The Kier molecular flexibility index (Phi) is 3.78. The Balaban J connectivity index is 1.91.